The summed E-state index contributed by atoms with van der Waals surface area (Å²) in [5, 5.41) is 45.2. The summed E-state index contributed by atoms with van der Waals surface area (Å²) in [6.45, 7) is 28.6. The Balaban J connectivity index is 0.000000133. The van der Waals surface area contributed by atoms with Crippen LogP contribution in [0.3, 0.4) is 0 Å². The van der Waals surface area contributed by atoms with Crippen molar-refractivity contribution in [3.8, 4) is 0 Å². The Hall–Kier alpha value is -0.680. The second kappa shape index (κ2) is 47.5. The maximum atomic E-state index is 12.1. The number of alkyl halides is 2. The van der Waals surface area contributed by atoms with Crippen molar-refractivity contribution in [1.82, 2.24) is 0 Å². The van der Waals surface area contributed by atoms with Gasteiger partial charge in [-0.1, -0.05) is 93.9 Å². The summed E-state index contributed by atoms with van der Waals surface area (Å²) in [4.78, 5) is 23.9. The average molecular weight is 1870 g/mol. The number of carbonyl (C=O) groups is 2. The quantitative estimate of drug-likeness (QED) is 0.0447. The smallest absolute Gasteiger partial charge is 0.168 e. The molecule has 0 aromatic carbocycles. The topological polar surface area (TPSA) is 228 Å². The minimum atomic E-state index is -0.233. The van der Waals surface area contributed by atoms with E-state index in [1.54, 1.807) is 0 Å². The lowest BCUT2D eigenvalue weighted by atomic mass is 9.45. The second-order valence-corrected chi connectivity index (χ2v) is 48.8. The number of ether oxygens (including phenoxy) is 10. The van der Waals surface area contributed by atoms with Crippen LogP contribution in [0.1, 0.15) is 402 Å². The maximum absolute atomic E-state index is 12.1. The van der Waals surface area contributed by atoms with Crippen molar-refractivity contribution in [3.63, 3.8) is 0 Å². The molecule has 4 saturated heterocycles. The minimum Gasteiger partial charge on any atom is -0.396 e. The molecule has 2 unspecified atom stereocenters. The van der Waals surface area contributed by atoms with E-state index in [0.29, 0.717) is 74.7 Å². The number of ketones is 2. The van der Waals surface area contributed by atoms with Crippen molar-refractivity contribution in [2.75, 3.05) is 98.2 Å². The molecule has 2 spiro atoms. The first-order valence-electron chi connectivity index (χ1n) is 55.2. The first kappa shape index (κ1) is 105. The van der Waals surface area contributed by atoms with E-state index < -0.39 is 0 Å². The average Bonchev–Trinajstić information content (AvgIpc) is 1.48. The van der Waals surface area contributed by atoms with E-state index in [-0.39, 0.29) is 60.4 Å². The van der Waals surface area contributed by atoms with Crippen LogP contribution in [-0.2, 0) is 57.0 Å². The molecule has 19 heteroatoms. The van der Waals surface area contributed by atoms with Crippen molar-refractivity contribution in [2.24, 2.45) is 138 Å². The number of hydrogen-bond acceptors (Lipinski definition) is 17. The number of carbonyl (C=O) groups excluding carboxylic acids is 2. The van der Waals surface area contributed by atoms with Crippen LogP contribution in [0, 0.1) is 138 Å². The normalized spacial score (nSPS) is 44.7. The number of unbranched alkanes of at least 4 members (excludes halogenated alkanes) is 9. The summed E-state index contributed by atoms with van der Waals surface area (Å²) in [7, 11) is 0. The van der Waals surface area contributed by atoms with Crippen LogP contribution in [0.2, 0.25) is 0 Å². The molecule has 0 radical (unpaired) electrons. The van der Waals surface area contributed by atoms with Crippen molar-refractivity contribution in [1.29, 1.82) is 0 Å². The third kappa shape index (κ3) is 23.0. The molecular weight excluding hydrogens is 1680 g/mol. The molecule has 30 atom stereocenters. The minimum absolute atomic E-state index is 0.0520. The van der Waals surface area contributed by atoms with E-state index in [0.717, 1.165) is 283 Å². The Morgan fingerprint density at radius 3 is 0.985 bits per heavy atom. The zero-order valence-electron chi connectivity index (χ0n) is 83.7. The van der Waals surface area contributed by atoms with Crippen LogP contribution in [0.15, 0.2) is 0 Å². The van der Waals surface area contributed by atoms with Crippen molar-refractivity contribution >= 4 is 34.8 Å². The van der Waals surface area contributed by atoms with Gasteiger partial charge >= 0.3 is 0 Å². The number of halogens is 2. The largest absolute Gasteiger partial charge is 0.396 e. The van der Waals surface area contributed by atoms with Gasteiger partial charge in [0.2, 0.25) is 0 Å². The third-order valence-electron chi connectivity index (χ3n) is 42.4. The Bertz CT molecular complexity index is 3400. The van der Waals surface area contributed by atoms with Crippen LogP contribution in [0.4, 0.5) is 0 Å². The highest BCUT2D eigenvalue weighted by Crippen LogP contribution is 2.73. The van der Waals surface area contributed by atoms with E-state index in [2.05, 4.69) is 67.0 Å². The second-order valence-electron chi connectivity index (χ2n) is 48.4. The molecular formula is C111H190Cl2O17. The van der Waals surface area contributed by atoms with Crippen LogP contribution in [0.25, 0.3) is 0 Å². The van der Waals surface area contributed by atoms with E-state index in [1.807, 2.05) is 0 Å². The zero-order chi connectivity index (χ0) is 92.0. The summed E-state index contributed by atoms with van der Waals surface area (Å²) in [5.41, 5.74) is 2.95. The lowest BCUT2D eigenvalue weighted by Crippen LogP contribution is -2.56. The molecule has 20 rings (SSSR count). The SMILES string of the molecule is CCl.C[C@]12CCC(=O)C[C@@H]1CC[C@@H]1[C@@H]2CC[C@]2(C)[C@@H](O)CC[C@@H]12.C[C@]12CCC(=O)C[C@@H]1CC[C@@H]1[C@@H]2CC[C@]2(C)[C@@H](OCCCCCCO)CC[C@@H]12.C[C@]12CCC3(C[C@@H]1CC[C@@H]1[C@@H]2CC[C@]2(C)[C@@H](O)CC[C@@H]12)OCCO3.C[C@]12CCC3(C[C@@H]1CC[C@@H]1[C@@H]2CC[C@]2(C)[C@@H](OCCCCCCOC4CCCCO4)CC[C@@H]12)OCCO3.ClCCCCCCOC1CCCCO1.OCCO. The highest BCUT2D eigenvalue weighted by atomic mass is 35.5. The zero-order valence-corrected chi connectivity index (χ0v) is 85.2. The molecule has 750 valence electrons. The van der Waals surface area contributed by atoms with E-state index in [9.17, 15) is 19.8 Å². The predicted molar refractivity (Wildman–Crippen MR) is 516 cm³/mol. The summed E-state index contributed by atoms with van der Waals surface area (Å²) in [6, 6.07) is 0. The molecule has 16 aliphatic carbocycles. The van der Waals surface area contributed by atoms with Crippen LogP contribution >= 0.6 is 23.2 Å². The number of rotatable bonds is 24. The highest BCUT2D eigenvalue weighted by molar-refractivity contribution is 6.17. The molecule has 0 amide bonds. The number of fused-ring (bicyclic) bond motifs is 20. The summed E-state index contributed by atoms with van der Waals surface area (Å²) < 4.78 is 60.2. The third-order valence-corrected chi connectivity index (χ3v) is 42.7. The summed E-state index contributed by atoms with van der Waals surface area (Å²) in [6.07, 6.45) is 67.0. The molecule has 17 nitrogen and oxygen atoms in total. The van der Waals surface area contributed by atoms with Gasteiger partial charge in [0.1, 0.15) is 11.6 Å². The van der Waals surface area contributed by atoms with Gasteiger partial charge in [0, 0.05) is 110 Å². The monoisotopic (exact) mass is 1870 g/mol. The highest BCUT2D eigenvalue weighted by Gasteiger charge is 2.67. The lowest BCUT2D eigenvalue weighted by molar-refractivity contribution is -0.230. The first-order chi connectivity index (χ1) is 62.8. The van der Waals surface area contributed by atoms with Gasteiger partial charge < -0.3 is 72.9 Å². The van der Waals surface area contributed by atoms with E-state index in [4.69, 9.17) is 74.3 Å². The molecule has 20 fully saturated rings. The molecule has 0 aromatic heterocycles. The Kier molecular flexibility index (Phi) is 38.4. The number of Topliss-reactive ketones (excluding diaryl/α,β-unsaturated/α-hetero) is 2. The Morgan fingerprint density at radius 1 is 0.308 bits per heavy atom. The summed E-state index contributed by atoms with van der Waals surface area (Å²) >= 11 is 10.2. The first-order valence-corrected chi connectivity index (χ1v) is 56.5. The van der Waals surface area contributed by atoms with E-state index >= 15 is 0 Å². The fraction of sp³-hybridized carbons (Fsp3) is 0.982. The summed E-state index contributed by atoms with van der Waals surface area (Å²) in [5.74, 6) is 14.2. The predicted octanol–water partition coefficient (Wildman–Crippen LogP) is 24.0. The fourth-order valence-electron chi connectivity index (χ4n) is 34.6. The number of hydrogen-bond donors (Lipinski definition) is 5. The Morgan fingerprint density at radius 2 is 0.631 bits per heavy atom. The van der Waals surface area contributed by atoms with Crippen LogP contribution < -0.4 is 0 Å². The Labute approximate surface area is 799 Å². The van der Waals surface area contributed by atoms with Gasteiger partial charge in [-0.3, -0.25) is 9.59 Å². The van der Waals surface area contributed by atoms with Gasteiger partial charge in [-0.2, -0.15) is 0 Å². The van der Waals surface area contributed by atoms with Gasteiger partial charge in [-0.15, -0.1) is 23.2 Å². The number of aliphatic hydroxyl groups is 5. The van der Waals surface area contributed by atoms with Crippen molar-refractivity contribution in [2.45, 2.75) is 451 Å². The van der Waals surface area contributed by atoms with Crippen LogP contribution in [0.5, 0.6) is 0 Å². The van der Waals surface area contributed by atoms with Gasteiger partial charge in [-0.25, -0.2) is 0 Å². The molecule has 0 aromatic rings. The van der Waals surface area contributed by atoms with Crippen molar-refractivity contribution in [3.05, 3.63) is 0 Å². The molecule has 5 N–H and O–H groups in total. The molecule has 4 heterocycles. The fourth-order valence-corrected chi connectivity index (χ4v) is 34.8. The van der Waals surface area contributed by atoms with Crippen molar-refractivity contribution < 1.29 is 82.5 Å². The molecule has 0 bridgehead atoms. The molecule has 130 heavy (non-hydrogen) atoms. The van der Waals surface area contributed by atoms with Crippen LogP contribution in [-0.4, -0.2) is 184 Å². The number of aliphatic hydroxyl groups excluding tert-OH is 5. The van der Waals surface area contributed by atoms with Gasteiger partial charge in [0.15, 0.2) is 24.2 Å². The van der Waals surface area contributed by atoms with Gasteiger partial charge in [0.05, 0.1) is 64.1 Å². The van der Waals surface area contributed by atoms with E-state index in [1.165, 1.54) is 225 Å². The molecule has 16 saturated carbocycles. The lowest BCUT2D eigenvalue weighted by Gasteiger charge is -2.61. The molecule has 20 aliphatic rings. The van der Waals surface area contributed by atoms with Gasteiger partial charge in [0.25, 0.3) is 0 Å². The standard InChI is InChI=1S/C32H54O5.C25H42O3.C21H34O3.C19H30O2.C11H21ClO2.C2H6O2.CH3Cl/c1-30-16-17-32(36-21-22-37-32)23-24(30)10-11-25-26-12-13-28(31(26,2)15-14-27(25)30)33-18-6-3-4-7-19-34-29-9-5-8-20-35-29;1-24-13-11-19(27)17-18(24)7-8-20-21-9-10-23(25(21,2)14-12-22(20)24)28-16-6-4-3-5-15-26;1-19-9-10-21(23-11-12-24-21)13-14(19)3-4-15-16-5-6-18(22)20(16,2)8-7-17(15)19;1-18-9-7-13(20)11-12(18)3-4-14-15-5-6-17(21)19(15,2)10-8-16(14)18;12-8-4-1-2-5-9-13-11-7-3-6-10-14-11;3-1-2-4;1-2/h24-29H,3-23H2,1-2H3;18,20-23,26H,3-17H2,1-2H3;14-18,22H,3-13H2,1-2H3;12,14-17,21H,3-11H2,1-2H3;11H,1-10H2;3-4H,1-2H2;1H3/t24-,25-,26-,27-,28-,29?,30-,31-;18-,20-,21-,22-,23-,24-,25-;14-,15-,16-,17-,18-,19-,20-;12-,14-,15-,16-,17-,18-,19-;;;/m0000.../s1. The molecule has 4 aliphatic heterocycles. The van der Waals surface area contributed by atoms with Gasteiger partial charge in [-0.05, 0) is 395 Å². The maximum Gasteiger partial charge on any atom is 0.168 e.